The van der Waals surface area contributed by atoms with Crippen LogP contribution < -0.4 is 5.73 Å². The largest absolute Gasteiger partial charge is 0.340 e. The molecule has 4 nitrogen and oxygen atoms in total. The summed E-state index contributed by atoms with van der Waals surface area (Å²) in [5.41, 5.74) is 7.44. The Balaban J connectivity index is 1.74. The lowest BCUT2D eigenvalue weighted by molar-refractivity contribution is 0.120. The molecule has 4 heteroatoms. The number of rotatable bonds is 2. The van der Waals surface area contributed by atoms with E-state index in [-0.39, 0.29) is 6.04 Å². The van der Waals surface area contributed by atoms with Gasteiger partial charge in [0, 0.05) is 25.3 Å². The van der Waals surface area contributed by atoms with E-state index >= 15 is 0 Å². The molecule has 3 unspecified atom stereocenters. The Morgan fingerprint density at radius 1 is 1.29 bits per heavy atom. The Kier molecular flexibility index (Phi) is 2.71. The minimum atomic E-state index is 0.119. The highest BCUT2D eigenvalue weighted by Crippen LogP contribution is 2.41. The molecule has 2 aliphatic rings. The molecule has 3 rings (SSSR count). The second-order valence-corrected chi connectivity index (χ2v) is 5.77. The third-order valence-corrected chi connectivity index (χ3v) is 4.71. The number of fused-ring (bicyclic) bond motifs is 2. The topological polar surface area (TPSA) is 47.1 Å². The van der Waals surface area contributed by atoms with Crippen molar-refractivity contribution in [2.24, 2.45) is 18.7 Å². The quantitative estimate of drug-likeness (QED) is 0.839. The van der Waals surface area contributed by atoms with Gasteiger partial charge in [-0.2, -0.15) is 0 Å². The maximum Gasteiger partial charge on any atom is 0.0947 e. The normalized spacial score (nSPS) is 35.1. The second kappa shape index (κ2) is 4.10. The van der Waals surface area contributed by atoms with Crippen molar-refractivity contribution >= 4 is 0 Å². The van der Waals surface area contributed by atoms with Crippen molar-refractivity contribution in [2.45, 2.75) is 43.8 Å². The van der Waals surface area contributed by atoms with Crippen molar-refractivity contribution in [3.8, 4) is 0 Å². The fourth-order valence-corrected chi connectivity index (χ4v) is 3.59. The summed E-state index contributed by atoms with van der Waals surface area (Å²) in [5, 5.41) is 0. The Morgan fingerprint density at radius 3 is 2.47 bits per heavy atom. The van der Waals surface area contributed by atoms with E-state index in [0.29, 0.717) is 5.92 Å². The fraction of sp³-hybridized carbons (Fsp3) is 0.769. The van der Waals surface area contributed by atoms with Gasteiger partial charge in [0.1, 0.15) is 0 Å². The van der Waals surface area contributed by atoms with Gasteiger partial charge in [0.2, 0.25) is 0 Å². The third-order valence-electron chi connectivity index (χ3n) is 4.71. The predicted octanol–water partition coefficient (Wildman–Crippen LogP) is 1.29. The monoisotopic (exact) mass is 234 g/mol. The molecule has 17 heavy (non-hydrogen) atoms. The molecule has 0 radical (unpaired) electrons. The van der Waals surface area contributed by atoms with Gasteiger partial charge in [0.25, 0.3) is 0 Å². The van der Waals surface area contributed by atoms with Crippen LogP contribution in [-0.2, 0) is 7.05 Å². The Labute approximate surface area is 103 Å². The van der Waals surface area contributed by atoms with Gasteiger partial charge < -0.3 is 15.2 Å². The first kappa shape index (κ1) is 11.2. The SMILES string of the molecule is CN1C2CCC1CC(C(N)c1cn(C)cn1)C2. The molecule has 94 valence electrons. The van der Waals surface area contributed by atoms with Gasteiger partial charge in [-0.25, -0.2) is 4.98 Å². The number of aryl methyl sites for hydroxylation is 1. The number of nitrogens with two attached hydrogens (primary N) is 1. The first-order chi connectivity index (χ1) is 8.15. The second-order valence-electron chi connectivity index (χ2n) is 5.77. The van der Waals surface area contributed by atoms with Gasteiger partial charge in [-0.05, 0) is 38.6 Å². The molecular formula is C13H22N4. The van der Waals surface area contributed by atoms with Crippen LogP contribution in [0.1, 0.15) is 37.4 Å². The van der Waals surface area contributed by atoms with E-state index in [0.717, 1.165) is 17.8 Å². The molecule has 3 atom stereocenters. The van der Waals surface area contributed by atoms with E-state index in [1.165, 1.54) is 25.7 Å². The van der Waals surface area contributed by atoms with Gasteiger partial charge in [0.05, 0.1) is 18.1 Å². The molecule has 2 bridgehead atoms. The highest BCUT2D eigenvalue weighted by Gasteiger charge is 2.40. The van der Waals surface area contributed by atoms with E-state index in [9.17, 15) is 0 Å². The molecule has 1 aromatic rings. The molecule has 2 N–H and O–H groups in total. The van der Waals surface area contributed by atoms with Crippen LogP contribution in [-0.4, -0.2) is 33.6 Å². The van der Waals surface area contributed by atoms with Crippen molar-refractivity contribution in [1.29, 1.82) is 0 Å². The van der Waals surface area contributed by atoms with Crippen LogP contribution in [0.2, 0.25) is 0 Å². The zero-order valence-electron chi connectivity index (χ0n) is 10.7. The molecule has 2 aliphatic heterocycles. The van der Waals surface area contributed by atoms with E-state index in [1.807, 2.05) is 17.9 Å². The average Bonchev–Trinajstić information content (AvgIpc) is 2.79. The minimum Gasteiger partial charge on any atom is -0.340 e. The van der Waals surface area contributed by atoms with Crippen LogP contribution in [0, 0.1) is 5.92 Å². The summed E-state index contributed by atoms with van der Waals surface area (Å²) in [4.78, 5) is 6.96. The zero-order chi connectivity index (χ0) is 12.0. The van der Waals surface area contributed by atoms with Crippen LogP contribution in [0.15, 0.2) is 12.5 Å². The minimum absolute atomic E-state index is 0.119. The van der Waals surface area contributed by atoms with Crippen molar-refractivity contribution < 1.29 is 0 Å². The Hall–Kier alpha value is -0.870. The number of hydrogen-bond donors (Lipinski definition) is 1. The lowest BCUT2D eigenvalue weighted by Crippen LogP contribution is -2.42. The van der Waals surface area contributed by atoms with E-state index in [1.54, 1.807) is 0 Å². The maximum atomic E-state index is 6.39. The van der Waals surface area contributed by atoms with E-state index in [2.05, 4.69) is 23.1 Å². The summed E-state index contributed by atoms with van der Waals surface area (Å²) in [7, 11) is 4.27. The molecule has 2 saturated heterocycles. The van der Waals surface area contributed by atoms with Gasteiger partial charge in [-0.3, -0.25) is 0 Å². The molecular weight excluding hydrogens is 212 g/mol. The summed E-state index contributed by atoms with van der Waals surface area (Å²) >= 11 is 0. The smallest absolute Gasteiger partial charge is 0.0947 e. The van der Waals surface area contributed by atoms with Crippen molar-refractivity contribution in [3.05, 3.63) is 18.2 Å². The highest BCUT2D eigenvalue weighted by atomic mass is 15.2. The van der Waals surface area contributed by atoms with Crippen LogP contribution in [0.5, 0.6) is 0 Å². The molecule has 1 aromatic heterocycles. The van der Waals surface area contributed by atoms with Crippen LogP contribution in [0.25, 0.3) is 0 Å². The van der Waals surface area contributed by atoms with E-state index < -0.39 is 0 Å². The lowest BCUT2D eigenvalue weighted by atomic mass is 9.84. The summed E-state index contributed by atoms with van der Waals surface area (Å²) in [6.45, 7) is 0. The van der Waals surface area contributed by atoms with Crippen molar-refractivity contribution in [1.82, 2.24) is 14.5 Å². The van der Waals surface area contributed by atoms with Gasteiger partial charge >= 0.3 is 0 Å². The summed E-state index contributed by atoms with van der Waals surface area (Å²) < 4.78 is 1.98. The lowest BCUT2D eigenvalue weighted by Gasteiger charge is -2.38. The first-order valence-corrected chi connectivity index (χ1v) is 6.60. The maximum absolute atomic E-state index is 6.39. The summed E-state index contributed by atoms with van der Waals surface area (Å²) in [5.74, 6) is 0.610. The molecule has 2 fully saturated rings. The third kappa shape index (κ3) is 1.89. The number of aromatic nitrogens is 2. The Bertz CT molecular complexity index is 386. The van der Waals surface area contributed by atoms with Crippen molar-refractivity contribution in [3.63, 3.8) is 0 Å². The fourth-order valence-electron chi connectivity index (χ4n) is 3.59. The summed E-state index contributed by atoms with van der Waals surface area (Å²) in [6.07, 6.45) is 9.10. The van der Waals surface area contributed by atoms with Crippen LogP contribution in [0.3, 0.4) is 0 Å². The number of piperidine rings is 1. The molecule has 0 aliphatic carbocycles. The number of hydrogen-bond acceptors (Lipinski definition) is 3. The van der Waals surface area contributed by atoms with Crippen LogP contribution in [0.4, 0.5) is 0 Å². The standard InChI is InChI=1S/C13H22N4/c1-16-7-12(15-8-16)13(14)9-5-10-3-4-11(6-9)17(10)2/h7-11,13H,3-6,14H2,1-2H3. The molecule has 0 aromatic carbocycles. The van der Waals surface area contributed by atoms with Gasteiger partial charge in [-0.15, -0.1) is 0 Å². The Morgan fingerprint density at radius 2 is 1.94 bits per heavy atom. The molecule has 0 saturated carbocycles. The zero-order valence-corrected chi connectivity index (χ0v) is 10.7. The molecule has 0 amide bonds. The summed E-state index contributed by atoms with van der Waals surface area (Å²) in [6, 6.07) is 1.63. The average molecular weight is 234 g/mol. The molecule has 3 heterocycles. The molecule has 0 spiro atoms. The first-order valence-electron chi connectivity index (χ1n) is 6.60. The van der Waals surface area contributed by atoms with Crippen LogP contribution >= 0.6 is 0 Å². The van der Waals surface area contributed by atoms with E-state index in [4.69, 9.17) is 5.73 Å². The predicted molar refractivity (Wildman–Crippen MR) is 67.4 cm³/mol. The number of nitrogens with zero attached hydrogens (tertiary/aromatic N) is 3. The number of imidazole rings is 1. The highest BCUT2D eigenvalue weighted by molar-refractivity contribution is 5.07. The van der Waals surface area contributed by atoms with Gasteiger partial charge in [-0.1, -0.05) is 0 Å². The van der Waals surface area contributed by atoms with Crippen molar-refractivity contribution in [2.75, 3.05) is 7.05 Å². The van der Waals surface area contributed by atoms with Gasteiger partial charge in [0.15, 0.2) is 0 Å².